The molecule has 0 spiro atoms. The number of aromatic nitrogens is 4. The Kier molecular flexibility index (Phi) is 3.56. The van der Waals surface area contributed by atoms with E-state index in [0.29, 0.717) is 4.34 Å². The molecule has 5 nitrogen and oxygen atoms in total. The molecule has 16 heavy (non-hydrogen) atoms. The Morgan fingerprint density at radius 2 is 2.12 bits per heavy atom. The maximum Gasteiger partial charge on any atom is 0.221 e. The van der Waals surface area contributed by atoms with E-state index < -0.39 is 5.82 Å². The predicted molar refractivity (Wildman–Crippen MR) is 62.2 cm³/mol. The first-order chi connectivity index (χ1) is 7.69. The van der Waals surface area contributed by atoms with Crippen LogP contribution in [0.3, 0.4) is 0 Å². The molecule has 9 heteroatoms. The van der Waals surface area contributed by atoms with Crippen molar-refractivity contribution in [1.29, 1.82) is 0 Å². The second-order valence-corrected chi connectivity index (χ2v) is 5.79. The number of hydrogen-bond donors (Lipinski definition) is 1. The fourth-order valence-corrected chi connectivity index (χ4v) is 3.18. The number of thioether (sulfide) groups is 1. The van der Waals surface area contributed by atoms with Gasteiger partial charge in [0.1, 0.15) is 5.03 Å². The summed E-state index contributed by atoms with van der Waals surface area (Å²) in [6.07, 6.45) is 2.94. The Morgan fingerprint density at radius 1 is 1.38 bits per heavy atom. The van der Waals surface area contributed by atoms with Crippen molar-refractivity contribution in [2.24, 2.45) is 0 Å². The minimum Gasteiger partial charge on any atom is -0.368 e. The highest BCUT2D eigenvalue weighted by Gasteiger charge is 2.11. The molecule has 0 amide bonds. The predicted octanol–water partition coefficient (Wildman–Crippen LogP) is 1.92. The molecular weight excluding hydrogens is 269 g/mol. The second-order valence-electron chi connectivity index (χ2n) is 2.52. The molecule has 0 atom stereocenters. The quantitative estimate of drug-likeness (QED) is 0.677. The molecule has 84 valence electrons. The fourth-order valence-electron chi connectivity index (χ4n) is 0.840. The summed E-state index contributed by atoms with van der Waals surface area (Å²) < 4.78 is 14.7. The minimum absolute atomic E-state index is 0.0403. The number of hydrogen-bond acceptors (Lipinski definition) is 8. The summed E-state index contributed by atoms with van der Waals surface area (Å²) in [5, 5.41) is 7.96. The van der Waals surface area contributed by atoms with Crippen molar-refractivity contribution in [3.05, 3.63) is 12.0 Å². The van der Waals surface area contributed by atoms with Crippen molar-refractivity contribution < 1.29 is 4.39 Å². The van der Waals surface area contributed by atoms with E-state index in [4.69, 9.17) is 5.73 Å². The van der Waals surface area contributed by atoms with E-state index in [1.165, 1.54) is 23.1 Å². The van der Waals surface area contributed by atoms with Crippen LogP contribution in [0, 0.1) is 5.82 Å². The summed E-state index contributed by atoms with van der Waals surface area (Å²) in [7, 11) is 0. The van der Waals surface area contributed by atoms with Crippen LogP contribution in [0.2, 0.25) is 0 Å². The molecule has 2 N–H and O–H groups in total. The fraction of sp³-hybridized carbons (Fsp3) is 0.143. The third-order valence-electron chi connectivity index (χ3n) is 1.48. The maximum atomic E-state index is 13.3. The van der Waals surface area contributed by atoms with E-state index in [2.05, 4.69) is 20.2 Å². The third-order valence-corrected chi connectivity index (χ3v) is 4.41. The van der Waals surface area contributed by atoms with Gasteiger partial charge in [0.25, 0.3) is 0 Å². The molecule has 2 heterocycles. The minimum atomic E-state index is -0.514. The number of rotatable bonds is 3. The van der Waals surface area contributed by atoms with E-state index in [0.717, 1.165) is 22.3 Å². The van der Waals surface area contributed by atoms with Crippen LogP contribution in [0.4, 0.5) is 10.3 Å². The smallest absolute Gasteiger partial charge is 0.221 e. The molecule has 0 unspecified atom stereocenters. The van der Waals surface area contributed by atoms with Crippen molar-refractivity contribution in [2.45, 2.75) is 13.7 Å². The first-order valence-electron chi connectivity index (χ1n) is 4.02. The van der Waals surface area contributed by atoms with Crippen molar-refractivity contribution in [3.8, 4) is 0 Å². The molecule has 0 fully saturated rings. The van der Waals surface area contributed by atoms with Crippen LogP contribution in [0.25, 0.3) is 0 Å². The third kappa shape index (κ3) is 2.60. The van der Waals surface area contributed by atoms with Gasteiger partial charge in [-0.2, -0.15) is 0 Å². The number of nitrogens with two attached hydrogens (primary N) is 1. The average molecular weight is 275 g/mol. The van der Waals surface area contributed by atoms with Crippen LogP contribution in [0.15, 0.2) is 19.9 Å². The molecule has 2 rings (SSSR count). The highest BCUT2D eigenvalue weighted by molar-refractivity contribution is 8.02. The zero-order valence-corrected chi connectivity index (χ0v) is 10.5. The molecule has 2 aromatic rings. The monoisotopic (exact) mass is 275 g/mol. The van der Waals surface area contributed by atoms with Crippen molar-refractivity contribution in [1.82, 2.24) is 20.2 Å². The second kappa shape index (κ2) is 4.93. The maximum absolute atomic E-state index is 13.3. The molecule has 2 aromatic heterocycles. The summed E-state index contributed by atoms with van der Waals surface area (Å²) in [6.45, 7) is 0. The molecule has 0 bridgehead atoms. The van der Waals surface area contributed by atoms with E-state index in [1.807, 2.05) is 6.26 Å². The van der Waals surface area contributed by atoms with E-state index >= 15 is 0 Å². The van der Waals surface area contributed by atoms with E-state index in [9.17, 15) is 4.39 Å². The largest absolute Gasteiger partial charge is 0.368 e. The summed E-state index contributed by atoms with van der Waals surface area (Å²) in [5.41, 5.74) is 5.37. The van der Waals surface area contributed by atoms with Gasteiger partial charge in [-0.15, -0.1) is 10.2 Å². The van der Waals surface area contributed by atoms with Crippen molar-refractivity contribution >= 4 is 40.8 Å². The normalized spacial score (nSPS) is 10.6. The lowest BCUT2D eigenvalue weighted by atomic mass is 10.6. The van der Waals surface area contributed by atoms with Gasteiger partial charge in [0, 0.05) is 0 Å². The Balaban J connectivity index is 2.22. The zero-order chi connectivity index (χ0) is 11.5. The SMILES string of the molecule is CSc1nnc(Sc2nc(N)ncc2F)s1. The van der Waals surface area contributed by atoms with Crippen LogP contribution in [0.5, 0.6) is 0 Å². The first kappa shape index (κ1) is 11.6. The molecule has 0 aromatic carbocycles. The van der Waals surface area contributed by atoms with Gasteiger partial charge < -0.3 is 5.73 Å². The molecule has 0 aliphatic rings. The lowest BCUT2D eigenvalue weighted by Crippen LogP contribution is -1.97. The molecule has 0 aliphatic heterocycles. The molecule has 0 saturated carbocycles. The van der Waals surface area contributed by atoms with Crippen molar-refractivity contribution in [3.63, 3.8) is 0 Å². The Morgan fingerprint density at radius 3 is 2.81 bits per heavy atom. The molecule has 0 saturated heterocycles. The summed E-state index contributed by atoms with van der Waals surface area (Å²) in [4.78, 5) is 7.33. The van der Waals surface area contributed by atoms with Gasteiger partial charge in [-0.05, 0) is 18.0 Å². The Hall–Kier alpha value is -0.930. The summed E-state index contributed by atoms with van der Waals surface area (Å²) in [5.74, 6) is -0.474. The van der Waals surface area contributed by atoms with Crippen LogP contribution < -0.4 is 5.73 Å². The first-order valence-corrected chi connectivity index (χ1v) is 6.88. The average Bonchev–Trinajstić information content (AvgIpc) is 2.71. The zero-order valence-electron chi connectivity index (χ0n) is 8.05. The van der Waals surface area contributed by atoms with Gasteiger partial charge >= 0.3 is 0 Å². The van der Waals surface area contributed by atoms with Crippen LogP contribution in [-0.2, 0) is 0 Å². The van der Waals surface area contributed by atoms with E-state index in [-0.39, 0.29) is 11.0 Å². The van der Waals surface area contributed by atoms with Gasteiger partial charge in [0.2, 0.25) is 5.95 Å². The summed E-state index contributed by atoms with van der Waals surface area (Å²) in [6, 6.07) is 0. The van der Waals surface area contributed by atoms with Gasteiger partial charge in [0.15, 0.2) is 14.5 Å². The van der Waals surface area contributed by atoms with Gasteiger partial charge in [-0.25, -0.2) is 14.4 Å². The molecule has 0 aliphatic carbocycles. The number of nitrogens with zero attached hydrogens (tertiary/aromatic N) is 4. The Bertz CT molecular complexity index is 503. The van der Waals surface area contributed by atoms with Crippen LogP contribution in [0.1, 0.15) is 0 Å². The van der Waals surface area contributed by atoms with Crippen molar-refractivity contribution in [2.75, 3.05) is 12.0 Å². The molecule has 0 radical (unpaired) electrons. The van der Waals surface area contributed by atoms with Gasteiger partial charge in [-0.3, -0.25) is 0 Å². The van der Waals surface area contributed by atoms with Crippen LogP contribution >= 0.6 is 34.9 Å². The summed E-state index contributed by atoms with van der Waals surface area (Å²) >= 11 is 3.96. The Labute approximate surface area is 103 Å². The number of halogens is 1. The van der Waals surface area contributed by atoms with Gasteiger partial charge in [-0.1, -0.05) is 23.1 Å². The lowest BCUT2D eigenvalue weighted by Gasteiger charge is -1.98. The highest BCUT2D eigenvalue weighted by atomic mass is 32.2. The lowest BCUT2D eigenvalue weighted by molar-refractivity contribution is 0.580. The topological polar surface area (TPSA) is 77.6 Å². The number of nitrogen functional groups attached to an aromatic ring is 1. The standard InChI is InChI=1S/C7H6FN5S3/c1-14-6-12-13-7(16-6)15-4-3(8)2-10-5(9)11-4/h2H,1H3,(H2,9,10,11). The van der Waals surface area contributed by atoms with E-state index in [1.54, 1.807) is 0 Å². The number of anilines is 1. The van der Waals surface area contributed by atoms with Gasteiger partial charge in [0.05, 0.1) is 6.20 Å². The highest BCUT2D eigenvalue weighted by Crippen LogP contribution is 2.32. The van der Waals surface area contributed by atoms with Crippen LogP contribution in [-0.4, -0.2) is 26.4 Å². The molecular formula is C7H6FN5S3.